The Morgan fingerprint density at radius 2 is 2.00 bits per heavy atom. The molecule has 0 aliphatic carbocycles. The summed E-state index contributed by atoms with van der Waals surface area (Å²) in [6, 6.07) is 5.25. The molecule has 2 atom stereocenters. The summed E-state index contributed by atoms with van der Waals surface area (Å²) >= 11 is 0. The Labute approximate surface area is 204 Å². The lowest BCUT2D eigenvalue weighted by molar-refractivity contribution is -0.389. The highest BCUT2D eigenvalue weighted by atomic mass is 19.4. The zero-order chi connectivity index (χ0) is 26.1. The number of piperidine rings is 1. The number of amides is 1. The maximum atomic E-state index is 12.5. The SMILES string of the molecule is CNC(C1CCN(C(=O)OCc2ccc(OC(F)(F)F)cc2)CC1)C1(C)Cn2cc([N+](=O)[O-])nc2O1. The second-order valence-electron chi connectivity index (χ2n) is 9.02. The van der Waals surface area contributed by atoms with Crippen molar-refractivity contribution in [1.82, 2.24) is 19.8 Å². The van der Waals surface area contributed by atoms with Gasteiger partial charge in [0.2, 0.25) is 0 Å². The van der Waals surface area contributed by atoms with Crippen LogP contribution in [0.3, 0.4) is 0 Å². The molecule has 1 aromatic heterocycles. The number of alkyl halides is 3. The molecule has 4 rings (SSSR count). The van der Waals surface area contributed by atoms with Gasteiger partial charge in [0.1, 0.15) is 24.2 Å². The average molecular weight is 513 g/mol. The first-order chi connectivity index (χ1) is 17.0. The first-order valence-electron chi connectivity index (χ1n) is 11.3. The van der Waals surface area contributed by atoms with Crippen molar-refractivity contribution in [3.05, 3.63) is 46.1 Å². The number of imidazole rings is 1. The number of benzene rings is 1. The van der Waals surface area contributed by atoms with E-state index in [-0.39, 0.29) is 36.1 Å². The Bertz CT molecular complexity index is 1080. The lowest BCUT2D eigenvalue weighted by Crippen LogP contribution is -2.57. The van der Waals surface area contributed by atoms with E-state index in [9.17, 15) is 28.1 Å². The molecule has 1 amide bonds. The second-order valence-corrected chi connectivity index (χ2v) is 9.02. The van der Waals surface area contributed by atoms with Gasteiger partial charge < -0.3 is 34.5 Å². The van der Waals surface area contributed by atoms with E-state index in [0.29, 0.717) is 38.0 Å². The number of likely N-dealkylation sites (N-methyl/N-ethyl adjacent to an activating group) is 1. The van der Waals surface area contributed by atoms with E-state index >= 15 is 0 Å². The Hall–Kier alpha value is -3.55. The normalized spacial score (nSPS) is 21.0. The summed E-state index contributed by atoms with van der Waals surface area (Å²) in [5.41, 5.74) is -0.131. The van der Waals surface area contributed by atoms with Crippen LogP contribution in [0.1, 0.15) is 25.3 Å². The van der Waals surface area contributed by atoms with Crippen molar-refractivity contribution in [2.45, 2.75) is 50.9 Å². The number of carbonyl (C=O) groups excluding carboxylic acids is 1. The van der Waals surface area contributed by atoms with Gasteiger partial charge in [-0.25, -0.2) is 4.79 Å². The maximum absolute atomic E-state index is 12.5. The van der Waals surface area contributed by atoms with Gasteiger partial charge in [-0.15, -0.1) is 13.2 Å². The van der Waals surface area contributed by atoms with Gasteiger partial charge in [-0.1, -0.05) is 12.1 Å². The smallest absolute Gasteiger partial charge is 0.445 e. The van der Waals surface area contributed by atoms with Crippen molar-refractivity contribution in [1.29, 1.82) is 0 Å². The highest BCUT2D eigenvalue weighted by Gasteiger charge is 2.48. The van der Waals surface area contributed by atoms with Gasteiger partial charge in [-0.3, -0.25) is 4.57 Å². The zero-order valence-electron chi connectivity index (χ0n) is 19.7. The fourth-order valence-corrected chi connectivity index (χ4v) is 4.89. The minimum absolute atomic E-state index is 0.0757. The van der Waals surface area contributed by atoms with Crippen molar-refractivity contribution in [2.75, 3.05) is 20.1 Å². The van der Waals surface area contributed by atoms with Gasteiger partial charge in [0.05, 0.1) is 12.6 Å². The van der Waals surface area contributed by atoms with E-state index in [2.05, 4.69) is 15.0 Å². The van der Waals surface area contributed by atoms with E-state index in [1.165, 1.54) is 18.3 Å². The molecule has 1 saturated heterocycles. The molecule has 2 aliphatic heterocycles. The number of aromatic nitrogens is 2. The number of hydrogen-bond donors (Lipinski definition) is 1. The molecular weight excluding hydrogens is 487 g/mol. The number of rotatable bonds is 7. The predicted octanol–water partition coefficient (Wildman–Crippen LogP) is 3.48. The van der Waals surface area contributed by atoms with Crippen molar-refractivity contribution in [2.24, 2.45) is 5.92 Å². The number of nitrogens with one attached hydrogen (secondary N) is 1. The molecule has 0 spiro atoms. The molecule has 14 heteroatoms. The molecule has 0 radical (unpaired) electrons. The van der Waals surface area contributed by atoms with Crippen molar-refractivity contribution < 1.29 is 37.1 Å². The monoisotopic (exact) mass is 513 g/mol. The number of ether oxygens (including phenoxy) is 3. The van der Waals surface area contributed by atoms with E-state index in [0.717, 1.165) is 12.1 Å². The summed E-state index contributed by atoms with van der Waals surface area (Å²) in [6.45, 7) is 3.19. The molecule has 1 fully saturated rings. The number of nitrogens with zero attached hydrogens (tertiary/aromatic N) is 4. The maximum Gasteiger partial charge on any atom is 0.573 e. The summed E-state index contributed by atoms with van der Waals surface area (Å²) in [4.78, 5) is 28.4. The fraction of sp³-hybridized carbons (Fsp3) is 0.545. The average Bonchev–Trinajstić information content (AvgIpc) is 3.34. The predicted molar refractivity (Wildman–Crippen MR) is 118 cm³/mol. The van der Waals surface area contributed by atoms with Gasteiger partial charge in [0.15, 0.2) is 0 Å². The molecule has 1 aromatic carbocycles. The van der Waals surface area contributed by atoms with E-state index in [4.69, 9.17) is 9.47 Å². The highest BCUT2D eigenvalue weighted by Crippen LogP contribution is 2.37. The van der Waals surface area contributed by atoms with Gasteiger partial charge in [0.25, 0.3) is 0 Å². The molecule has 1 N–H and O–H groups in total. The minimum atomic E-state index is -4.77. The van der Waals surface area contributed by atoms with Crippen LogP contribution in [-0.4, -0.2) is 63.6 Å². The van der Waals surface area contributed by atoms with Crippen LogP contribution in [0, 0.1) is 16.0 Å². The lowest BCUT2D eigenvalue weighted by atomic mass is 9.80. The summed E-state index contributed by atoms with van der Waals surface area (Å²) in [5, 5.41) is 14.3. The lowest BCUT2D eigenvalue weighted by Gasteiger charge is -2.41. The van der Waals surface area contributed by atoms with Gasteiger partial charge in [0, 0.05) is 18.1 Å². The van der Waals surface area contributed by atoms with E-state index in [1.54, 1.807) is 9.47 Å². The molecule has 0 saturated carbocycles. The van der Waals surface area contributed by atoms with Gasteiger partial charge >= 0.3 is 24.3 Å². The van der Waals surface area contributed by atoms with Crippen LogP contribution in [0.5, 0.6) is 11.8 Å². The molecule has 2 aromatic rings. The van der Waals surface area contributed by atoms with E-state index < -0.39 is 23.0 Å². The molecule has 36 heavy (non-hydrogen) atoms. The molecule has 196 valence electrons. The third kappa shape index (κ3) is 5.64. The molecule has 3 heterocycles. The zero-order valence-corrected chi connectivity index (χ0v) is 19.7. The molecule has 11 nitrogen and oxygen atoms in total. The second kappa shape index (κ2) is 9.84. The number of halogens is 3. The van der Waals surface area contributed by atoms with E-state index in [1.807, 2.05) is 14.0 Å². The fourth-order valence-electron chi connectivity index (χ4n) is 4.89. The quantitative estimate of drug-likeness (QED) is 0.441. The number of likely N-dealkylation sites (tertiary alicyclic amines) is 1. The van der Waals surface area contributed by atoms with Gasteiger partial charge in [-0.05, 0) is 55.4 Å². The number of hydrogen-bond acceptors (Lipinski definition) is 8. The van der Waals surface area contributed by atoms with Crippen LogP contribution in [0.2, 0.25) is 0 Å². The van der Waals surface area contributed by atoms with Crippen molar-refractivity contribution in [3.63, 3.8) is 0 Å². The topological polar surface area (TPSA) is 121 Å². The summed E-state index contributed by atoms with van der Waals surface area (Å²) < 4.78 is 53.6. The third-order valence-corrected chi connectivity index (χ3v) is 6.48. The van der Waals surface area contributed by atoms with Crippen LogP contribution in [0.15, 0.2) is 30.5 Å². The van der Waals surface area contributed by atoms with Crippen LogP contribution in [0.4, 0.5) is 23.8 Å². The minimum Gasteiger partial charge on any atom is -0.445 e. The van der Waals surface area contributed by atoms with Crippen LogP contribution < -0.4 is 14.8 Å². The Kier molecular flexibility index (Phi) is 6.98. The number of nitro groups is 1. The first kappa shape index (κ1) is 25.5. The van der Waals surface area contributed by atoms with Crippen LogP contribution >= 0.6 is 0 Å². The standard InChI is InChI=1S/C22H26F3N5O6/c1-21(13-29-11-17(30(32)33)27-19(29)36-21)18(26-2)15-7-9-28(10-8-15)20(31)34-12-14-3-5-16(6-4-14)35-22(23,24)25/h3-6,11,15,18,26H,7-10,12-13H2,1-2H3. The van der Waals surface area contributed by atoms with Crippen molar-refractivity contribution in [3.8, 4) is 11.8 Å². The Morgan fingerprint density at radius 3 is 2.56 bits per heavy atom. The molecule has 0 bridgehead atoms. The van der Waals surface area contributed by atoms with Crippen LogP contribution in [-0.2, 0) is 17.9 Å². The van der Waals surface area contributed by atoms with Gasteiger partial charge in [-0.2, -0.15) is 0 Å². The number of fused-ring (bicyclic) bond motifs is 1. The number of carbonyl (C=O) groups is 1. The Balaban J connectivity index is 1.27. The molecular formula is C22H26F3N5O6. The van der Waals surface area contributed by atoms with Crippen molar-refractivity contribution >= 4 is 11.9 Å². The van der Waals surface area contributed by atoms with Crippen LogP contribution in [0.25, 0.3) is 0 Å². The third-order valence-electron chi connectivity index (χ3n) is 6.48. The summed E-state index contributed by atoms with van der Waals surface area (Å²) in [6.07, 6.45) is -2.53. The molecule has 2 unspecified atom stereocenters. The first-order valence-corrected chi connectivity index (χ1v) is 11.3. The largest absolute Gasteiger partial charge is 0.573 e. The Morgan fingerprint density at radius 1 is 1.33 bits per heavy atom. The summed E-state index contributed by atoms with van der Waals surface area (Å²) in [5.74, 6) is -0.435. The summed E-state index contributed by atoms with van der Waals surface area (Å²) in [7, 11) is 1.83. The highest BCUT2D eigenvalue weighted by molar-refractivity contribution is 5.67. The molecule has 2 aliphatic rings.